The van der Waals surface area contributed by atoms with Gasteiger partial charge in [0.05, 0.1) is 19.1 Å². The van der Waals surface area contributed by atoms with Gasteiger partial charge in [0.2, 0.25) is 29.5 Å². The van der Waals surface area contributed by atoms with Gasteiger partial charge in [0, 0.05) is 6.42 Å². The lowest BCUT2D eigenvalue weighted by Gasteiger charge is -2.24. The van der Waals surface area contributed by atoms with Crippen LogP contribution in [0.3, 0.4) is 0 Å². The Morgan fingerprint density at radius 2 is 1.34 bits per heavy atom. The third-order valence-corrected chi connectivity index (χ3v) is 4.71. The Kier molecular flexibility index (Phi) is 12.5. The van der Waals surface area contributed by atoms with Crippen LogP contribution in [0.2, 0.25) is 0 Å². The van der Waals surface area contributed by atoms with Crippen molar-refractivity contribution in [2.75, 3.05) is 6.61 Å². The number of primary amides is 2. The van der Waals surface area contributed by atoms with Crippen LogP contribution in [0.15, 0.2) is 0 Å². The number of aliphatic hydroxyl groups is 1. The predicted octanol–water partition coefficient (Wildman–Crippen LogP) is -3.97. The molecule has 0 aromatic rings. The topological polar surface area (TPSA) is 257 Å². The van der Waals surface area contributed by atoms with Gasteiger partial charge in [0.1, 0.15) is 18.1 Å². The largest absolute Gasteiger partial charge is 0.480 e. The fourth-order valence-corrected chi connectivity index (χ4v) is 2.47. The van der Waals surface area contributed by atoms with Crippen molar-refractivity contribution in [3.8, 4) is 0 Å². The number of nitrogens with two attached hydrogens (primary N) is 3. The molecule has 0 heterocycles. The lowest BCUT2D eigenvalue weighted by molar-refractivity contribution is -0.143. The molecule has 14 nitrogen and oxygen atoms in total. The number of carboxylic acid groups (broad SMARTS) is 1. The van der Waals surface area contributed by atoms with Crippen molar-refractivity contribution in [1.29, 1.82) is 0 Å². The van der Waals surface area contributed by atoms with Crippen molar-refractivity contribution in [2.45, 2.75) is 63.7 Å². The van der Waals surface area contributed by atoms with E-state index in [1.165, 1.54) is 0 Å². The van der Waals surface area contributed by atoms with Crippen LogP contribution in [0.5, 0.6) is 0 Å². The Balaban J connectivity index is 5.29. The number of carbonyl (C=O) groups excluding carboxylic acids is 5. The molecule has 0 bridgehead atoms. The van der Waals surface area contributed by atoms with Crippen LogP contribution in [-0.4, -0.2) is 76.5 Å². The summed E-state index contributed by atoms with van der Waals surface area (Å²) in [6.07, 6.45) is -0.664. The van der Waals surface area contributed by atoms with Gasteiger partial charge in [-0.25, -0.2) is 4.79 Å². The van der Waals surface area contributed by atoms with Crippen LogP contribution in [0.1, 0.15) is 39.5 Å². The Labute approximate surface area is 184 Å². The third-order valence-electron chi connectivity index (χ3n) is 4.71. The molecule has 0 aliphatic heterocycles. The Morgan fingerprint density at radius 3 is 1.78 bits per heavy atom. The van der Waals surface area contributed by atoms with Gasteiger partial charge in [-0.2, -0.15) is 0 Å². The van der Waals surface area contributed by atoms with Crippen LogP contribution in [-0.2, 0) is 28.8 Å². The van der Waals surface area contributed by atoms with E-state index in [0.29, 0.717) is 6.42 Å². The monoisotopic (exact) mass is 460 g/mol. The van der Waals surface area contributed by atoms with Gasteiger partial charge in [0.25, 0.3) is 0 Å². The average Bonchev–Trinajstić information content (AvgIpc) is 2.71. The second-order valence-corrected chi connectivity index (χ2v) is 7.29. The van der Waals surface area contributed by atoms with E-state index in [1.807, 2.05) is 6.92 Å². The molecule has 0 saturated carbocycles. The van der Waals surface area contributed by atoms with Crippen LogP contribution in [0.4, 0.5) is 0 Å². The zero-order chi connectivity index (χ0) is 25.0. The van der Waals surface area contributed by atoms with Gasteiger partial charge in [-0.15, -0.1) is 0 Å². The Morgan fingerprint density at radius 1 is 0.844 bits per heavy atom. The maximum Gasteiger partial charge on any atom is 0.326 e. The van der Waals surface area contributed by atoms with E-state index in [9.17, 15) is 33.9 Å². The maximum atomic E-state index is 12.5. The molecule has 0 spiro atoms. The van der Waals surface area contributed by atoms with Crippen molar-refractivity contribution in [1.82, 2.24) is 16.0 Å². The number of hydrogen-bond acceptors (Lipinski definition) is 8. The SMILES string of the molecule is CCC(C)C(N)C(=O)NC(CC(N)=O)C(=O)NC(CO)C(=O)NC(CCC(N)=O)C(=O)O. The first kappa shape index (κ1) is 28.7. The molecule has 11 N–H and O–H groups in total. The van der Waals surface area contributed by atoms with Gasteiger partial charge in [0.15, 0.2) is 0 Å². The molecule has 0 aliphatic carbocycles. The molecule has 0 saturated heterocycles. The molecule has 5 atom stereocenters. The average molecular weight is 460 g/mol. The zero-order valence-electron chi connectivity index (χ0n) is 18.0. The Hall–Kier alpha value is -3.26. The highest BCUT2D eigenvalue weighted by Gasteiger charge is 2.31. The summed E-state index contributed by atoms with van der Waals surface area (Å²) >= 11 is 0. The molecule has 5 unspecified atom stereocenters. The summed E-state index contributed by atoms with van der Waals surface area (Å²) in [6.45, 7) is 2.60. The van der Waals surface area contributed by atoms with Crippen molar-refractivity contribution < 1.29 is 39.0 Å². The molecule has 0 aromatic carbocycles. The number of carbonyl (C=O) groups is 6. The highest BCUT2D eigenvalue weighted by Crippen LogP contribution is 2.06. The summed E-state index contributed by atoms with van der Waals surface area (Å²) in [5.74, 6) is -6.20. The second kappa shape index (κ2) is 13.9. The molecular formula is C18H32N6O8. The van der Waals surface area contributed by atoms with Gasteiger partial charge in [-0.05, 0) is 12.3 Å². The molecule has 5 amide bonds. The number of aliphatic hydroxyl groups excluding tert-OH is 1. The van der Waals surface area contributed by atoms with Crippen molar-refractivity contribution in [2.24, 2.45) is 23.1 Å². The number of carboxylic acids is 1. The second-order valence-electron chi connectivity index (χ2n) is 7.29. The summed E-state index contributed by atoms with van der Waals surface area (Å²) in [6, 6.07) is -5.58. The van der Waals surface area contributed by atoms with Gasteiger partial charge >= 0.3 is 5.97 Å². The quantitative estimate of drug-likeness (QED) is 0.118. The number of amides is 5. The standard InChI is InChI=1S/C18H32N6O8/c1-3-8(2)14(21)17(30)23-10(6-13(20)27)15(28)24-11(7-25)16(29)22-9(18(31)32)4-5-12(19)26/h8-11,14,25H,3-7,21H2,1-2H3,(H2,19,26)(H2,20,27)(H,22,29)(H,23,30)(H,24,28)(H,31,32). The minimum Gasteiger partial charge on any atom is -0.480 e. The highest BCUT2D eigenvalue weighted by molar-refractivity contribution is 5.96. The Bertz CT molecular complexity index is 716. The van der Waals surface area contributed by atoms with E-state index >= 15 is 0 Å². The van der Waals surface area contributed by atoms with Crippen molar-refractivity contribution in [3.63, 3.8) is 0 Å². The summed E-state index contributed by atoms with van der Waals surface area (Å²) in [5, 5.41) is 25.1. The van der Waals surface area contributed by atoms with E-state index in [4.69, 9.17) is 22.3 Å². The highest BCUT2D eigenvalue weighted by atomic mass is 16.4. The molecule has 32 heavy (non-hydrogen) atoms. The van der Waals surface area contributed by atoms with Gasteiger partial charge in [-0.1, -0.05) is 20.3 Å². The van der Waals surface area contributed by atoms with Crippen molar-refractivity contribution >= 4 is 35.5 Å². The molecule has 0 aliphatic rings. The van der Waals surface area contributed by atoms with Gasteiger partial charge in [-0.3, -0.25) is 24.0 Å². The number of rotatable bonds is 15. The summed E-state index contributed by atoms with van der Waals surface area (Å²) in [7, 11) is 0. The van der Waals surface area contributed by atoms with E-state index in [-0.39, 0.29) is 18.8 Å². The summed E-state index contributed by atoms with van der Waals surface area (Å²) in [5.41, 5.74) is 15.9. The zero-order valence-corrected chi connectivity index (χ0v) is 18.0. The molecule has 0 aromatic heterocycles. The lowest BCUT2D eigenvalue weighted by Crippen LogP contribution is -2.59. The van der Waals surface area contributed by atoms with Crippen LogP contribution < -0.4 is 33.2 Å². The molecule has 0 radical (unpaired) electrons. The normalized spacial score (nSPS) is 15.4. The maximum absolute atomic E-state index is 12.5. The van der Waals surface area contributed by atoms with E-state index in [1.54, 1.807) is 6.92 Å². The van der Waals surface area contributed by atoms with E-state index in [2.05, 4.69) is 16.0 Å². The van der Waals surface area contributed by atoms with Gasteiger partial charge < -0.3 is 43.4 Å². The third kappa shape index (κ3) is 10.2. The smallest absolute Gasteiger partial charge is 0.326 e. The minimum absolute atomic E-state index is 0.225. The first-order valence-corrected chi connectivity index (χ1v) is 9.90. The molecular weight excluding hydrogens is 428 g/mol. The first-order valence-electron chi connectivity index (χ1n) is 9.90. The summed E-state index contributed by atoms with van der Waals surface area (Å²) < 4.78 is 0. The fourth-order valence-electron chi connectivity index (χ4n) is 2.47. The van der Waals surface area contributed by atoms with Crippen LogP contribution in [0, 0.1) is 5.92 Å². The van der Waals surface area contributed by atoms with E-state index in [0.717, 1.165) is 0 Å². The summed E-state index contributed by atoms with van der Waals surface area (Å²) in [4.78, 5) is 70.5. The molecule has 182 valence electrons. The van der Waals surface area contributed by atoms with Crippen LogP contribution >= 0.6 is 0 Å². The fraction of sp³-hybridized carbons (Fsp3) is 0.667. The van der Waals surface area contributed by atoms with Crippen molar-refractivity contribution in [3.05, 3.63) is 0 Å². The first-order chi connectivity index (χ1) is 14.8. The number of nitrogens with one attached hydrogen (secondary N) is 3. The predicted molar refractivity (Wildman–Crippen MR) is 110 cm³/mol. The number of aliphatic carboxylic acids is 1. The molecule has 0 rings (SSSR count). The lowest BCUT2D eigenvalue weighted by atomic mass is 9.99. The van der Waals surface area contributed by atoms with E-state index < -0.39 is 72.7 Å². The van der Waals surface area contributed by atoms with Crippen LogP contribution in [0.25, 0.3) is 0 Å². The molecule has 14 heteroatoms. The number of hydrogen-bond donors (Lipinski definition) is 8. The minimum atomic E-state index is -1.62. The molecule has 0 fully saturated rings.